The van der Waals surface area contributed by atoms with E-state index >= 15 is 0 Å². The van der Waals surface area contributed by atoms with Crippen molar-refractivity contribution in [2.45, 2.75) is 6.42 Å². The second kappa shape index (κ2) is 9.19. The van der Waals surface area contributed by atoms with Crippen LogP contribution < -0.4 is 15.5 Å². The highest BCUT2D eigenvalue weighted by Gasteiger charge is 2.09. The lowest BCUT2D eigenvalue weighted by molar-refractivity contribution is 0.102. The Kier molecular flexibility index (Phi) is 6.45. The van der Waals surface area contributed by atoms with Crippen molar-refractivity contribution < 1.29 is 4.79 Å². The van der Waals surface area contributed by atoms with Gasteiger partial charge in [0.05, 0.1) is 0 Å². The van der Waals surface area contributed by atoms with E-state index in [1.807, 2.05) is 67.5 Å². The zero-order valence-electron chi connectivity index (χ0n) is 15.8. The molecule has 3 rings (SSSR count). The number of amides is 1. The molecule has 1 amide bonds. The summed E-state index contributed by atoms with van der Waals surface area (Å²) >= 11 is 5.90. The van der Waals surface area contributed by atoms with E-state index in [9.17, 15) is 4.79 Å². The zero-order chi connectivity index (χ0) is 19.9. The van der Waals surface area contributed by atoms with E-state index in [1.54, 1.807) is 6.07 Å². The van der Waals surface area contributed by atoms with Crippen LogP contribution >= 0.6 is 11.6 Å². The second-order valence-corrected chi connectivity index (χ2v) is 6.92. The van der Waals surface area contributed by atoms with Crippen LogP contribution in [-0.2, 0) is 6.42 Å². The number of hydrogen-bond donors (Lipinski definition) is 2. The minimum Gasteiger partial charge on any atom is -0.378 e. The standard InChI is InChI=1S/C21H22ClN5O/c1-27(2)18-9-7-17(8-10-18)26-21(28)19-13-20(25-14-24-19)23-12-11-15-3-5-16(22)6-4-15/h3-10,13-14H,11-12H2,1-2H3,(H,26,28)(H,23,24,25). The van der Waals surface area contributed by atoms with E-state index in [0.717, 1.165) is 17.1 Å². The van der Waals surface area contributed by atoms with Crippen LogP contribution in [0.5, 0.6) is 0 Å². The second-order valence-electron chi connectivity index (χ2n) is 6.49. The van der Waals surface area contributed by atoms with Crippen LogP contribution in [-0.4, -0.2) is 36.5 Å². The highest BCUT2D eigenvalue weighted by atomic mass is 35.5. The van der Waals surface area contributed by atoms with E-state index in [-0.39, 0.29) is 5.91 Å². The molecule has 1 aromatic heterocycles. The Bertz CT molecular complexity index is 926. The molecule has 144 valence electrons. The molecule has 0 atom stereocenters. The molecular formula is C21H22ClN5O. The number of benzene rings is 2. The van der Waals surface area contributed by atoms with Crippen molar-refractivity contribution in [2.75, 3.05) is 36.2 Å². The minimum absolute atomic E-state index is 0.277. The summed E-state index contributed by atoms with van der Waals surface area (Å²) in [6.07, 6.45) is 2.20. The number of nitrogens with zero attached hydrogens (tertiary/aromatic N) is 3. The van der Waals surface area contributed by atoms with Crippen molar-refractivity contribution >= 4 is 34.7 Å². The van der Waals surface area contributed by atoms with E-state index in [0.29, 0.717) is 23.7 Å². The normalized spacial score (nSPS) is 10.4. The Morgan fingerprint density at radius 3 is 2.43 bits per heavy atom. The lowest BCUT2D eigenvalue weighted by Gasteiger charge is -2.13. The van der Waals surface area contributed by atoms with Crippen molar-refractivity contribution in [3.8, 4) is 0 Å². The van der Waals surface area contributed by atoms with Gasteiger partial charge in [0, 0.05) is 43.1 Å². The van der Waals surface area contributed by atoms with Gasteiger partial charge < -0.3 is 15.5 Å². The Morgan fingerprint density at radius 2 is 1.75 bits per heavy atom. The monoisotopic (exact) mass is 395 g/mol. The first-order valence-corrected chi connectivity index (χ1v) is 9.28. The molecule has 6 nitrogen and oxygen atoms in total. The average Bonchev–Trinajstić information content (AvgIpc) is 2.70. The first-order valence-electron chi connectivity index (χ1n) is 8.90. The predicted octanol–water partition coefficient (Wildman–Crippen LogP) is 4.10. The van der Waals surface area contributed by atoms with Gasteiger partial charge in [-0.2, -0.15) is 0 Å². The minimum atomic E-state index is -0.277. The predicted molar refractivity (Wildman–Crippen MR) is 114 cm³/mol. The molecule has 0 aliphatic heterocycles. The van der Waals surface area contributed by atoms with Crippen molar-refractivity contribution in [3.63, 3.8) is 0 Å². The molecule has 0 fully saturated rings. The molecule has 3 aromatic rings. The number of aromatic nitrogens is 2. The van der Waals surface area contributed by atoms with Crippen molar-refractivity contribution in [1.82, 2.24) is 9.97 Å². The van der Waals surface area contributed by atoms with Gasteiger partial charge in [0.1, 0.15) is 17.8 Å². The summed E-state index contributed by atoms with van der Waals surface area (Å²) in [6, 6.07) is 17.0. The highest BCUT2D eigenvalue weighted by Crippen LogP contribution is 2.16. The first-order chi connectivity index (χ1) is 13.5. The fourth-order valence-electron chi connectivity index (χ4n) is 2.60. The van der Waals surface area contributed by atoms with Crippen molar-refractivity contribution in [3.05, 3.63) is 77.2 Å². The lowest BCUT2D eigenvalue weighted by Crippen LogP contribution is -2.15. The number of nitrogens with one attached hydrogen (secondary N) is 2. The molecule has 0 saturated heterocycles. The van der Waals surface area contributed by atoms with Gasteiger partial charge in [-0.1, -0.05) is 23.7 Å². The van der Waals surface area contributed by atoms with Crippen LogP contribution in [0.4, 0.5) is 17.2 Å². The number of carbonyl (C=O) groups excluding carboxylic acids is 1. The third-order valence-corrected chi connectivity index (χ3v) is 4.43. The molecule has 7 heteroatoms. The summed E-state index contributed by atoms with van der Waals surface area (Å²) in [4.78, 5) is 22.7. The van der Waals surface area contributed by atoms with E-state index in [4.69, 9.17) is 11.6 Å². The Labute approximate surface area is 169 Å². The molecule has 0 aliphatic carbocycles. The van der Waals surface area contributed by atoms with E-state index in [1.165, 1.54) is 11.9 Å². The largest absolute Gasteiger partial charge is 0.378 e. The summed E-state index contributed by atoms with van der Waals surface area (Å²) in [6.45, 7) is 0.686. The molecule has 2 aromatic carbocycles. The van der Waals surface area contributed by atoms with Gasteiger partial charge in [0.25, 0.3) is 5.91 Å². The van der Waals surface area contributed by atoms with Gasteiger partial charge in [0.2, 0.25) is 0 Å². The fraction of sp³-hybridized carbons (Fsp3) is 0.190. The topological polar surface area (TPSA) is 70.2 Å². The fourth-order valence-corrected chi connectivity index (χ4v) is 2.73. The summed E-state index contributed by atoms with van der Waals surface area (Å²) in [5.74, 6) is 0.331. The molecular weight excluding hydrogens is 374 g/mol. The highest BCUT2D eigenvalue weighted by molar-refractivity contribution is 6.30. The Hall–Kier alpha value is -3.12. The number of halogens is 1. The van der Waals surface area contributed by atoms with Crippen molar-refractivity contribution in [2.24, 2.45) is 0 Å². The van der Waals surface area contributed by atoms with Crippen LogP contribution in [0.1, 0.15) is 16.1 Å². The van der Waals surface area contributed by atoms with Gasteiger partial charge in [-0.15, -0.1) is 0 Å². The molecule has 0 saturated carbocycles. The lowest BCUT2D eigenvalue weighted by atomic mass is 10.1. The Morgan fingerprint density at radius 1 is 1.04 bits per heavy atom. The smallest absolute Gasteiger partial charge is 0.274 e. The van der Waals surface area contributed by atoms with Crippen LogP contribution in [0.15, 0.2) is 60.9 Å². The van der Waals surface area contributed by atoms with Crippen LogP contribution in [0.3, 0.4) is 0 Å². The van der Waals surface area contributed by atoms with Crippen molar-refractivity contribution in [1.29, 1.82) is 0 Å². The molecule has 28 heavy (non-hydrogen) atoms. The number of hydrogen-bond acceptors (Lipinski definition) is 5. The third kappa shape index (κ3) is 5.44. The SMILES string of the molecule is CN(C)c1ccc(NC(=O)c2cc(NCCc3ccc(Cl)cc3)ncn2)cc1. The molecule has 0 radical (unpaired) electrons. The maximum Gasteiger partial charge on any atom is 0.274 e. The average molecular weight is 396 g/mol. The zero-order valence-corrected chi connectivity index (χ0v) is 16.6. The summed E-state index contributed by atoms with van der Waals surface area (Å²) in [5, 5.41) is 6.79. The quantitative estimate of drug-likeness (QED) is 0.630. The summed E-state index contributed by atoms with van der Waals surface area (Å²) in [7, 11) is 3.94. The third-order valence-electron chi connectivity index (χ3n) is 4.17. The van der Waals surface area contributed by atoms with E-state index < -0.39 is 0 Å². The van der Waals surface area contributed by atoms with Crippen LogP contribution in [0.2, 0.25) is 5.02 Å². The molecule has 0 bridgehead atoms. The van der Waals surface area contributed by atoms with Gasteiger partial charge >= 0.3 is 0 Å². The van der Waals surface area contributed by atoms with Gasteiger partial charge in [0.15, 0.2) is 0 Å². The maximum atomic E-state index is 12.5. The Balaban J connectivity index is 1.57. The molecule has 0 unspecified atom stereocenters. The molecule has 0 aliphatic rings. The summed E-state index contributed by atoms with van der Waals surface area (Å²) in [5.41, 5.74) is 3.25. The number of carbonyl (C=O) groups is 1. The van der Waals surface area contributed by atoms with Crippen LogP contribution in [0, 0.1) is 0 Å². The number of rotatable bonds is 7. The van der Waals surface area contributed by atoms with E-state index in [2.05, 4.69) is 20.6 Å². The number of anilines is 3. The molecule has 0 spiro atoms. The van der Waals surface area contributed by atoms with Gasteiger partial charge in [-0.25, -0.2) is 9.97 Å². The first kappa shape index (κ1) is 19.6. The maximum absolute atomic E-state index is 12.5. The molecule has 2 N–H and O–H groups in total. The van der Waals surface area contributed by atoms with Gasteiger partial charge in [-0.05, 0) is 48.4 Å². The summed E-state index contributed by atoms with van der Waals surface area (Å²) < 4.78 is 0. The molecule has 1 heterocycles. The van der Waals surface area contributed by atoms with Gasteiger partial charge in [-0.3, -0.25) is 4.79 Å². The van der Waals surface area contributed by atoms with Crippen LogP contribution in [0.25, 0.3) is 0 Å².